The first-order valence-corrected chi connectivity index (χ1v) is 11.0. The number of ether oxygens (including phenoxy) is 1. The molecule has 1 aliphatic heterocycles. The second kappa shape index (κ2) is 8.14. The molecule has 0 bridgehead atoms. The van der Waals surface area contributed by atoms with Crippen LogP contribution in [0.1, 0.15) is 46.3 Å². The smallest absolute Gasteiger partial charge is 0.410 e. The first kappa shape index (κ1) is 21.0. The number of hydrogen-bond acceptors (Lipinski definition) is 7. The summed E-state index contributed by atoms with van der Waals surface area (Å²) in [5.74, 6) is 0.658. The van der Waals surface area contributed by atoms with Gasteiger partial charge in [0.05, 0.1) is 17.4 Å². The van der Waals surface area contributed by atoms with Crippen molar-refractivity contribution in [3.05, 3.63) is 46.0 Å². The van der Waals surface area contributed by atoms with E-state index in [0.29, 0.717) is 40.2 Å². The number of benzene rings is 1. The average molecular weight is 440 g/mol. The van der Waals surface area contributed by atoms with Crippen LogP contribution >= 0.6 is 11.3 Å². The Morgan fingerprint density at radius 3 is 2.52 bits per heavy atom. The topological polar surface area (TPSA) is 110 Å². The SMILES string of the molecule is Cc1nnc2sc(C(=O)NC3CN(C(=O)Oc4ccc(C(C)C)cc4)C3)c(N)c2c1C. The maximum atomic E-state index is 12.7. The highest BCUT2D eigenvalue weighted by Crippen LogP contribution is 2.35. The van der Waals surface area contributed by atoms with Gasteiger partial charge in [-0.25, -0.2) is 4.79 Å². The van der Waals surface area contributed by atoms with E-state index in [0.717, 1.165) is 16.6 Å². The van der Waals surface area contributed by atoms with Gasteiger partial charge < -0.3 is 20.7 Å². The fourth-order valence-corrected chi connectivity index (χ4v) is 4.47. The van der Waals surface area contributed by atoms with Gasteiger partial charge in [-0.2, -0.15) is 5.10 Å². The highest BCUT2D eigenvalue weighted by atomic mass is 32.1. The van der Waals surface area contributed by atoms with Crippen LogP contribution in [0.3, 0.4) is 0 Å². The number of hydrogen-bond donors (Lipinski definition) is 2. The Morgan fingerprint density at radius 2 is 1.87 bits per heavy atom. The van der Waals surface area contributed by atoms with Crippen molar-refractivity contribution < 1.29 is 14.3 Å². The van der Waals surface area contributed by atoms with Gasteiger partial charge >= 0.3 is 6.09 Å². The lowest BCUT2D eigenvalue weighted by atomic mass is 10.0. The lowest BCUT2D eigenvalue weighted by molar-refractivity contribution is 0.0792. The molecule has 0 radical (unpaired) electrons. The Kier molecular flexibility index (Phi) is 5.53. The van der Waals surface area contributed by atoms with Gasteiger partial charge in [-0.3, -0.25) is 4.79 Å². The largest absolute Gasteiger partial charge is 0.415 e. The maximum Gasteiger partial charge on any atom is 0.415 e. The van der Waals surface area contributed by atoms with Crippen molar-refractivity contribution in [1.29, 1.82) is 0 Å². The van der Waals surface area contributed by atoms with Crippen molar-refractivity contribution in [2.75, 3.05) is 18.8 Å². The van der Waals surface area contributed by atoms with E-state index >= 15 is 0 Å². The number of aryl methyl sites for hydroxylation is 2. The van der Waals surface area contributed by atoms with Gasteiger partial charge in [0.15, 0.2) is 0 Å². The molecule has 0 atom stereocenters. The first-order valence-electron chi connectivity index (χ1n) is 10.1. The zero-order chi connectivity index (χ0) is 22.3. The minimum absolute atomic E-state index is 0.151. The summed E-state index contributed by atoms with van der Waals surface area (Å²) < 4.78 is 5.42. The van der Waals surface area contributed by atoms with Crippen LogP contribution in [-0.2, 0) is 0 Å². The number of nitrogens with zero attached hydrogens (tertiary/aromatic N) is 3. The van der Waals surface area contributed by atoms with Gasteiger partial charge in [-0.1, -0.05) is 26.0 Å². The van der Waals surface area contributed by atoms with Gasteiger partial charge in [0.25, 0.3) is 5.91 Å². The van der Waals surface area contributed by atoms with Crippen molar-refractivity contribution in [2.45, 2.75) is 39.7 Å². The summed E-state index contributed by atoms with van der Waals surface area (Å²) in [6, 6.07) is 7.35. The Morgan fingerprint density at radius 1 is 1.19 bits per heavy atom. The van der Waals surface area contributed by atoms with Crippen molar-refractivity contribution in [2.24, 2.45) is 0 Å². The van der Waals surface area contributed by atoms with Gasteiger partial charge in [0, 0.05) is 18.5 Å². The molecule has 2 aromatic heterocycles. The minimum Gasteiger partial charge on any atom is -0.410 e. The van der Waals surface area contributed by atoms with Crippen LogP contribution in [0, 0.1) is 13.8 Å². The normalized spacial score (nSPS) is 14.0. The van der Waals surface area contributed by atoms with Crippen LogP contribution in [0.5, 0.6) is 5.75 Å². The van der Waals surface area contributed by atoms with Crippen LogP contribution in [0.2, 0.25) is 0 Å². The van der Waals surface area contributed by atoms with Gasteiger partial charge in [-0.05, 0) is 43.0 Å². The number of nitrogens with one attached hydrogen (secondary N) is 1. The molecule has 9 heteroatoms. The number of carbonyl (C=O) groups excluding carboxylic acids is 2. The number of likely N-dealkylation sites (tertiary alicyclic amines) is 1. The van der Waals surface area contributed by atoms with E-state index in [1.165, 1.54) is 16.9 Å². The Bertz CT molecular complexity index is 1150. The standard InChI is InChI=1S/C22H25N5O3S/c1-11(2)14-5-7-16(8-6-14)30-22(29)27-9-15(10-27)24-20(28)19-18(23)17-12(3)13(4)25-26-21(17)31-19/h5-8,11,15H,9-10,23H2,1-4H3,(H,24,28). The Labute approximate surface area is 184 Å². The lowest BCUT2D eigenvalue weighted by Gasteiger charge is -2.38. The Hall–Kier alpha value is -3.20. The van der Waals surface area contributed by atoms with Crippen molar-refractivity contribution in [1.82, 2.24) is 20.4 Å². The number of aromatic nitrogens is 2. The number of nitrogen functional groups attached to an aromatic ring is 1. The number of amides is 2. The molecule has 1 aromatic carbocycles. The quantitative estimate of drug-likeness (QED) is 0.642. The van der Waals surface area contributed by atoms with Crippen molar-refractivity contribution in [3.8, 4) is 5.75 Å². The number of anilines is 1. The van der Waals surface area contributed by atoms with Crippen molar-refractivity contribution in [3.63, 3.8) is 0 Å². The summed E-state index contributed by atoms with van der Waals surface area (Å²) in [5, 5.41) is 12.0. The molecule has 31 heavy (non-hydrogen) atoms. The summed E-state index contributed by atoms with van der Waals surface area (Å²) >= 11 is 1.23. The molecular formula is C22H25N5O3S. The van der Waals surface area contributed by atoms with Crippen LogP contribution in [0.25, 0.3) is 10.2 Å². The average Bonchev–Trinajstić information content (AvgIpc) is 3.04. The molecule has 1 aliphatic rings. The summed E-state index contributed by atoms with van der Waals surface area (Å²) in [6.45, 7) is 8.77. The molecule has 2 amide bonds. The van der Waals surface area contributed by atoms with E-state index in [9.17, 15) is 9.59 Å². The van der Waals surface area contributed by atoms with E-state index in [-0.39, 0.29) is 11.9 Å². The molecule has 0 saturated carbocycles. The Balaban J connectivity index is 1.34. The third-order valence-electron chi connectivity index (χ3n) is 5.57. The number of nitrogens with two attached hydrogens (primary N) is 1. The fraction of sp³-hybridized carbons (Fsp3) is 0.364. The fourth-order valence-electron chi connectivity index (χ4n) is 3.47. The molecule has 0 aliphatic carbocycles. The highest BCUT2D eigenvalue weighted by Gasteiger charge is 2.34. The first-order chi connectivity index (χ1) is 14.7. The zero-order valence-electron chi connectivity index (χ0n) is 17.9. The number of fused-ring (bicyclic) bond motifs is 1. The molecule has 0 unspecified atom stereocenters. The molecule has 162 valence electrons. The summed E-state index contributed by atoms with van der Waals surface area (Å²) in [4.78, 5) is 27.7. The molecule has 4 rings (SSSR count). The minimum atomic E-state index is -0.425. The molecule has 8 nitrogen and oxygen atoms in total. The second-order valence-electron chi connectivity index (χ2n) is 8.10. The molecule has 1 saturated heterocycles. The number of carbonyl (C=O) groups is 2. The molecule has 1 fully saturated rings. The van der Waals surface area contributed by atoms with Gasteiger partial charge in [-0.15, -0.1) is 16.4 Å². The van der Waals surface area contributed by atoms with E-state index in [1.54, 1.807) is 17.0 Å². The molecule has 3 aromatic rings. The summed E-state index contributed by atoms with van der Waals surface area (Å²) in [5.41, 5.74) is 9.56. The predicted octanol–water partition coefficient (Wildman–Crippen LogP) is 3.63. The molecule has 3 N–H and O–H groups in total. The zero-order valence-corrected chi connectivity index (χ0v) is 18.7. The number of thiophene rings is 1. The van der Waals surface area contributed by atoms with E-state index < -0.39 is 6.09 Å². The van der Waals surface area contributed by atoms with Gasteiger partial charge in [0.1, 0.15) is 15.5 Å². The third kappa shape index (κ3) is 4.05. The van der Waals surface area contributed by atoms with Crippen LogP contribution < -0.4 is 15.8 Å². The van der Waals surface area contributed by atoms with Gasteiger partial charge in [0.2, 0.25) is 0 Å². The van der Waals surface area contributed by atoms with Crippen LogP contribution in [0.4, 0.5) is 10.5 Å². The third-order valence-corrected chi connectivity index (χ3v) is 6.66. The molecular weight excluding hydrogens is 414 g/mol. The molecule has 3 heterocycles. The molecule has 0 spiro atoms. The van der Waals surface area contributed by atoms with Crippen LogP contribution in [-0.4, -0.2) is 46.2 Å². The highest BCUT2D eigenvalue weighted by molar-refractivity contribution is 7.21. The van der Waals surface area contributed by atoms with Crippen LogP contribution in [0.15, 0.2) is 24.3 Å². The van der Waals surface area contributed by atoms with Crippen molar-refractivity contribution >= 4 is 39.2 Å². The maximum absolute atomic E-state index is 12.7. The number of rotatable bonds is 4. The lowest BCUT2D eigenvalue weighted by Crippen LogP contribution is -2.61. The van der Waals surface area contributed by atoms with E-state index in [4.69, 9.17) is 10.5 Å². The van der Waals surface area contributed by atoms with E-state index in [2.05, 4.69) is 29.4 Å². The summed E-state index contributed by atoms with van der Waals surface area (Å²) in [6.07, 6.45) is -0.425. The predicted molar refractivity (Wildman–Crippen MR) is 121 cm³/mol. The summed E-state index contributed by atoms with van der Waals surface area (Å²) in [7, 11) is 0. The second-order valence-corrected chi connectivity index (χ2v) is 9.10. The monoisotopic (exact) mass is 439 g/mol. The van der Waals surface area contributed by atoms with E-state index in [1.807, 2.05) is 26.0 Å².